The molecule has 3 rings (SSSR count). The highest BCUT2D eigenvalue weighted by molar-refractivity contribution is 5.84. The largest absolute Gasteiger partial charge is 0.422 e. The molecule has 1 aromatic carbocycles. The lowest BCUT2D eigenvalue weighted by Gasteiger charge is -2.37. The second-order valence-corrected chi connectivity index (χ2v) is 8.17. The molecule has 1 N–H and O–H groups in total. The van der Waals surface area contributed by atoms with E-state index in [4.69, 9.17) is 4.42 Å². The highest BCUT2D eigenvalue weighted by Crippen LogP contribution is 2.28. The maximum atomic E-state index is 12.5. The number of hydrogen-bond acceptors (Lipinski definition) is 4. The van der Waals surface area contributed by atoms with Crippen molar-refractivity contribution in [3.63, 3.8) is 0 Å². The number of unbranched alkanes of at least 4 members (excludes halogenated alkanes) is 1. The fourth-order valence-corrected chi connectivity index (χ4v) is 4.02. The number of carbonyl (C=O) groups is 1. The molecular weight excluding hydrogens is 352 g/mol. The van der Waals surface area contributed by atoms with Gasteiger partial charge in [0.1, 0.15) is 5.58 Å². The molecule has 152 valence electrons. The Labute approximate surface area is 167 Å². The minimum absolute atomic E-state index is 0.0171. The van der Waals surface area contributed by atoms with Crippen LogP contribution in [-0.4, -0.2) is 29.9 Å². The van der Waals surface area contributed by atoms with Crippen molar-refractivity contribution in [3.8, 4) is 0 Å². The minimum atomic E-state index is -0.310. The standard InChI is InChI=1S/C23H32N2O3/c1-5-6-11-24-23(27)18-9-8-16(3)25(13-18)14-19-12-21(26)28-22-17(4)15(2)7-10-20(19)22/h7,10,12,16,18H,5-6,8-9,11,13-14H2,1-4H3,(H,24,27). The second kappa shape index (κ2) is 8.91. The Morgan fingerprint density at radius 2 is 2.07 bits per heavy atom. The Morgan fingerprint density at radius 3 is 2.82 bits per heavy atom. The number of likely N-dealkylation sites (tertiary alicyclic amines) is 1. The quantitative estimate of drug-likeness (QED) is 0.606. The molecule has 1 fully saturated rings. The summed E-state index contributed by atoms with van der Waals surface area (Å²) < 4.78 is 5.51. The Kier molecular flexibility index (Phi) is 6.55. The van der Waals surface area contributed by atoms with Crippen molar-refractivity contribution in [2.45, 2.75) is 66.0 Å². The van der Waals surface area contributed by atoms with Crippen molar-refractivity contribution in [2.24, 2.45) is 5.92 Å². The first-order chi connectivity index (χ1) is 13.4. The van der Waals surface area contributed by atoms with Crippen LogP contribution in [0.1, 0.15) is 56.2 Å². The number of rotatable bonds is 6. The van der Waals surface area contributed by atoms with E-state index in [0.717, 1.165) is 60.8 Å². The lowest BCUT2D eigenvalue weighted by Crippen LogP contribution is -2.46. The molecule has 1 aliphatic rings. The molecule has 1 aromatic heterocycles. The Bertz CT molecular complexity index is 903. The number of piperidine rings is 1. The van der Waals surface area contributed by atoms with Crippen LogP contribution in [0.15, 0.2) is 27.4 Å². The Morgan fingerprint density at radius 1 is 1.29 bits per heavy atom. The average molecular weight is 385 g/mol. The lowest BCUT2D eigenvalue weighted by molar-refractivity contribution is -0.127. The summed E-state index contributed by atoms with van der Waals surface area (Å²) in [5.41, 5.74) is 3.48. The fraction of sp³-hybridized carbons (Fsp3) is 0.565. The van der Waals surface area contributed by atoms with E-state index in [-0.39, 0.29) is 17.5 Å². The van der Waals surface area contributed by atoms with Gasteiger partial charge in [-0.3, -0.25) is 9.69 Å². The molecule has 2 heterocycles. The molecular formula is C23H32N2O3. The maximum Gasteiger partial charge on any atom is 0.336 e. The van der Waals surface area contributed by atoms with Crippen LogP contribution < -0.4 is 10.9 Å². The normalized spacial score (nSPS) is 20.4. The highest BCUT2D eigenvalue weighted by atomic mass is 16.4. The van der Waals surface area contributed by atoms with Gasteiger partial charge in [-0.25, -0.2) is 4.79 Å². The lowest BCUT2D eigenvalue weighted by atomic mass is 9.92. The van der Waals surface area contributed by atoms with Crippen molar-refractivity contribution in [3.05, 3.63) is 45.3 Å². The number of nitrogens with zero attached hydrogens (tertiary/aromatic N) is 1. The third kappa shape index (κ3) is 4.46. The molecule has 0 spiro atoms. The first kappa shape index (κ1) is 20.6. The molecule has 0 saturated carbocycles. The van der Waals surface area contributed by atoms with Gasteiger partial charge in [-0.1, -0.05) is 25.5 Å². The second-order valence-electron chi connectivity index (χ2n) is 8.17. The van der Waals surface area contributed by atoms with Gasteiger partial charge in [-0.15, -0.1) is 0 Å². The first-order valence-corrected chi connectivity index (χ1v) is 10.5. The molecule has 2 aromatic rings. The number of carbonyl (C=O) groups excluding carboxylic acids is 1. The maximum absolute atomic E-state index is 12.5. The molecule has 0 radical (unpaired) electrons. The molecule has 1 aliphatic heterocycles. The van der Waals surface area contributed by atoms with Crippen molar-refractivity contribution in [2.75, 3.05) is 13.1 Å². The van der Waals surface area contributed by atoms with Gasteiger partial charge in [0.15, 0.2) is 0 Å². The number of benzene rings is 1. The molecule has 28 heavy (non-hydrogen) atoms. The SMILES string of the molecule is CCCCNC(=O)C1CCC(C)N(Cc2cc(=O)oc3c(C)c(C)ccc23)C1. The summed E-state index contributed by atoms with van der Waals surface area (Å²) in [5.74, 6) is 0.178. The smallest absolute Gasteiger partial charge is 0.336 e. The average Bonchev–Trinajstić information content (AvgIpc) is 2.67. The van der Waals surface area contributed by atoms with Gasteiger partial charge in [-0.2, -0.15) is 0 Å². The van der Waals surface area contributed by atoms with E-state index >= 15 is 0 Å². The number of hydrogen-bond donors (Lipinski definition) is 1. The zero-order valence-electron chi connectivity index (χ0n) is 17.5. The van der Waals surface area contributed by atoms with Gasteiger partial charge >= 0.3 is 5.63 Å². The van der Waals surface area contributed by atoms with E-state index in [1.165, 1.54) is 0 Å². The van der Waals surface area contributed by atoms with Crippen LogP contribution >= 0.6 is 0 Å². The monoisotopic (exact) mass is 384 g/mol. The van der Waals surface area contributed by atoms with E-state index in [1.54, 1.807) is 6.07 Å². The topological polar surface area (TPSA) is 62.6 Å². The molecule has 5 heteroatoms. The van der Waals surface area contributed by atoms with Crippen LogP contribution in [0.2, 0.25) is 0 Å². The summed E-state index contributed by atoms with van der Waals surface area (Å²) in [6.07, 6.45) is 4.01. The number of fused-ring (bicyclic) bond motifs is 1. The Hall–Kier alpha value is -2.14. The zero-order valence-corrected chi connectivity index (χ0v) is 17.5. The fourth-order valence-electron chi connectivity index (χ4n) is 4.02. The van der Waals surface area contributed by atoms with Gasteiger partial charge in [0, 0.05) is 37.1 Å². The highest BCUT2D eigenvalue weighted by Gasteiger charge is 2.30. The minimum Gasteiger partial charge on any atom is -0.422 e. The molecule has 2 unspecified atom stereocenters. The van der Waals surface area contributed by atoms with Gasteiger partial charge in [-0.05, 0) is 56.7 Å². The molecule has 0 aliphatic carbocycles. The van der Waals surface area contributed by atoms with Crippen LogP contribution in [0, 0.1) is 19.8 Å². The van der Waals surface area contributed by atoms with Crippen LogP contribution in [0.5, 0.6) is 0 Å². The first-order valence-electron chi connectivity index (χ1n) is 10.5. The van der Waals surface area contributed by atoms with E-state index in [0.29, 0.717) is 18.2 Å². The van der Waals surface area contributed by atoms with Crippen LogP contribution in [0.25, 0.3) is 11.0 Å². The number of amides is 1. The number of aryl methyl sites for hydroxylation is 2. The number of nitrogens with one attached hydrogen (secondary N) is 1. The molecule has 2 atom stereocenters. The van der Waals surface area contributed by atoms with Gasteiger partial charge < -0.3 is 9.73 Å². The zero-order chi connectivity index (χ0) is 20.3. The Balaban J connectivity index is 1.81. The van der Waals surface area contributed by atoms with Crippen LogP contribution in [0.4, 0.5) is 0 Å². The van der Waals surface area contributed by atoms with E-state index in [1.807, 2.05) is 19.9 Å². The summed E-state index contributed by atoms with van der Waals surface area (Å²) in [6.45, 7) is 10.5. The molecule has 0 bridgehead atoms. The predicted molar refractivity (Wildman–Crippen MR) is 112 cm³/mol. The summed E-state index contributed by atoms with van der Waals surface area (Å²) in [5, 5.41) is 4.06. The van der Waals surface area contributed by atoms with Gasteiger partial charge in [0.05, 0.1) is 5.92 Å². The van der Waals surface area contributed by atoms with Crippen molar-refractivity contribution in [1.82, 2.24) is 10.2 Å². The van der Waals surface area contributed by atoms with Crippen molar-refractivity contribution < 1.29 is 9.21 Å². The third-order valence-electron chi connectivity index (χ3n) is 6.10. The summed E-state index contributed by atoms with van der Waals surface area (Å²) in [6, 6.07) is 6.10. The summed E-state index contributed by atoms with van der Waals surface area (Å²) in [7, 11) is 0. The van der Waals surface area contributed by atoms with Crippen molar-refractivity contribution in [1.29, 1.82) is 0 Å². The molecule has 1 amide bonds. The summed E-state index contributed by atoms with van der Waals surface area (Å²) in [4.78, 5) is 27.0. The predicted octanol–water partition coefficient (Wildman–Crippen LogP) is 3.93. The van der Waals surface area contributed by atoms with Crippen LogP contribution in [-0.2, 0) is 11.3 Å². The van der Waals surface area contributed by atoms with E-state index < -0.39 is 0 Å². The van der Waals surface area contributed by atoms with E-state index in [9.17, 15) is 9.59 Å². The van der Waals surface area contributed by atoms with Gasteiger partial charge in [0.25, 0.3) is 0 Å². The molecule has 5 nitrogen and oxygen atoms in total. The third-order valence-corrected chi connectivity index (χ3v) is 6.10. The summed E-state index contributed by atoms with van der Waals surface area (Å²) >= 11 is 0. The molecule has 1 saturated heterocycles. The van der Waals surface area contributed by atoms with Crippen molar-refractivity contribution >= 4 is 16.9 Å². The van der Waals surface area contributed by atoms with Crippen LogP contribution in [0.3, 0.4) is 0 Å². The van der Waals surface area contributed by atoms with E-state index in [2.05, 4.69) is 30.1 Å². The van der Waals surface area contributed by atoms with Gasteiger partial charge in [0.2, 0.25) is 5.91 Å².